The number of thiophene rings is 1. The molecular formula is C16H14FNO2S. The number of hydrogen-bond donors (Lipinski definition) is 2. The molecule has 0 aliphatic rings. The Balaban J connectivity index is 2.01. The zero-order valence-electron chi connectivity index (χ0n) is 11.4. The number of aliphatic hydroxyl groups is 1. The van der Waals surface area contributed by atoms with Gasteiger partial charge in [-0.1, -0.05) is 17.9 Å². The van der Waals surface area contributed by atoms with E-state index in [4.69, 9.17) is 5.11 Å². The first-order chi connectivity index (χ1) is 10.1. The summed E-state index contributed by atoms with van der Waals surface area (Å²) in [6.07, 6.45) is 0. The summed E-state index contributed by atoms with van der Waals surface area (Å²) in [4.78, 5) is 13.8. The zero-order valence-corrected chi connectivity index (χ0v) is 12.3. The molecule has 1 aromatic heterocycles. The third-order valence-electron chi connectivity index (χ3n) is 2.82. The molecule has 0 atom stereocenters. The highest BCUT2D eigenvalue weighted by Gasteiger charge is 2.10. The first-order valence-corrected chi connectivity index (χ1v) is 7.14. The van der Waals surface area contributed by atoms with Gasteiger partial charge in [0.05, 0.1) is 11.4 Å². The average molecular weight is 303 g/mol. The lowest BCUT2D eigenvalue weighted by Gasteiger charge is -2.06. The van der Waals surface area contributed by atoms with Crippen LogP contribution < -0.4 is 5.32 Å². The molecule has 0 bridgehead atoms. The second kappa shape index (κ2) is 7.02. The summed E-state index contributed by atoms with van der Waals surface area (Å²) in [5.74, 6) is 4.65. The van der Waals surface area contributed by atoms with Crippen molar-refractivity contribution in [2.45, 2.75) is 13.5 Å². The van der Waals surface area contributed by atoms with E-state index >= 15 is 0 Å². The molecule has 3 nitrogen and oxygen atoms in total. The summed E-state index contributed by atoms with van der Waals surface area (Å²) in [5, 5.41) is 11.4. The molecule has 1 heterocycles. The van der Waals surface area contributed by atoms with Crippen molar-refractivity contribution in [3.8, 4) is 11.8 Å². The molecule has 1 amide bonds. The van der Waals surface area contributed by atoms with Gasteiger partial charge < -0.3 is 10.4 Å². The Labute approximate surface area is 126 Å². The van der Waals surface area contributed by atoms with Crippen LogP contribution in [0.1, 0.15) is 25.7 Å². The van der Waals surface area contributed by atoms with Gasteiger partial charge in [-0.2, -0.15) is 0 Å². The van der Waals surface area contributed by atoms with Gasteiger partial charge in [-0.3, -0.25) is 4.79 Å². The van der Waals surface area contributed by atoms with Gasteiger partial charge >= 0.3 is 0 Å². The molecule has 0 spiro atoms. The van der Waals surface area contributed by atoms with E-state index in [1.807, 2.05) is 12.1 Å². The van der Waals surface area contributed by atoms with Gasteiger partial charge in [-0.15, -0.1) is 11.3 Å². The Morgan fingerprint density at radius 3 is 2.95 bits per heavy atom. The van der Waals surface area contributed by atoms with Gasteiger partial charge in [0, 0.05) is 10.4 Å². The van der Waals surface area contributed by atoms with E-state index in [2.05, 4.69) is 17.2 Å². The van der Waals surface area contributed by atoms with Crippen LogP contribution in [-0.2, 0) is 6.54 Å². The monoisotopic (exact) mass is 303 g/mol. The Morgan fingerprint density at radius 1 is 1.38 bits per heavy atom. The van der Waals surface area contributed by atoms with E-state index in [0.29, 0.717) is 12.1 Å². The molecule has 0 radical (unpaired) electrons. The molecule has 0 aliphatic heterocycles. The summed E-state index contributed by atoms with van der Waals surface area (Å²) < 4.78 is 13.2. The number of rotatable bonds is 3. The van der Waals surface area contributed by atoms with Crippen LogP contribution in [0.5, 0.6) is 0 Å². The quantitative estimate of drug-likeness (QED) is 0.856. The molecule has 0 aliphatic carbocycles. The maximum absolute atomic E-state index is 13.2. The van der Waals surface area contributed by atoms with Gasteiger partial charge in [0.25, 0.3) is 5.91 Å². The lowest BCUT2D eigenvalue weighted by Crippen LogP contribution is -2.23. The minimum absolute atomic E-state index is 0.178. The molecule has 0 unspecified atom stereocenters. The number of nitrogens with one attached hydrogen (secondary N) is 1. The van der Waals surface area contributed by atoms with Crippen LogP contribution >= 0.6 is 11.3 Å². The van der Waals surface area contributed by atoms with E-state index in [9.17, 15) is 9.18 Å². The minimum atomic E-state index is -0.427. The molecular weight excluding hydrogens is 289 g/mol. The van der Waals surface area contributed by atoms with Crippen LogP contribution in [0.2, 0.25) is 0 Å². The molecule has 2 aromatic rings. The number of benzene rings is 1. The molecule has 2 rings (SSSR count). The standard InChI is InChI=1S/C16H14FNO2S/c1-11-4-5-12(17)9-15(11)16(20)18-10-14-7-6-13(21-14)3-2-8-19/h4-7,9,19H,8,10H2,1H3,(H,18,20). The zero-order chi connectivity index (χ0) is 15.2. The maximum Gasteiger partial charge on any atom is 0.251 e. The highest BCUT2D eigenvalue weighted by molar-refractivity contribution is 7.12. The predicted molar refractivity (Wildman–Crippen MR) is 80.6 cm³/mol. The van der Waals surface area contributed by atoms with Gasteiger partial charge in [-0.25, -0.2) is 4.39 Å². The van der Waals surface area contributed by atoms with Crippen LogP contribution in [-0.4, -0.2) is 17.6 Å². The average Bonchev–Trinajstić information content (AvgIpc) is 2.93. The topological polar surface area (TPSA) is 49.3 Å². The van der Waals surface area contributed by atoms with E-state index in [-0.39, 0.29) is 12.5 Å². The number of amides is 1. The van der Waals surface area contributed by atoms with E-state index in [0.717, 1.165) is 15.3 Å². The van der Waals surface area contributed by atoms with Crippen LogP contribution in [0.4, 0.5) is 4.39 Å². The van der Waals surface area contributed by atoms with Crippen molar-refractivity contribution in [1.29, 1.82) is 0 Å². The predicted octanol–water partition coefficient (Wildman–Crippen LogP) is 2.47. The molecule has 0 fully saturated rings. The van der Waals surface area contributed by atoms with Crippen molar-refractivity contribution in [2.24, 2.45) is 0 Å². The second-order valence-corrected chi connectivity index (χ2v) is 5.54. The molecule has 0 saturated heterocycles. The largest absolute Gasteiger partial charge is 0.384 e. The van der Waals surface area contributed by atoms with Gasteiger partial charge in [-0.05, 0) is 36.8 Å². The number of aliphatic hydroxyl groups excluding tert-OH is 1. The molecule has 2 N–H and O–H groups in total. The summed E-state index contributed by atoms with van der Waals surface area (Å²) >= 11 is 1.44. The summed E-state index contributed by atoms with van der Waals surface area (Å²) in [7, 11) is 0. The lowest BCUT2D eigenvalue weighted by atomic mass is 10.1. The minimum Gasteiger partial charge on any atom is -0.384 e. The fourth-order valence-corrected chi connectivity index (χ4v) is 2.59. The third-order valence-corrected chi connectivity index (χ3v) is 3.82. The number of halogens is 1. The number of aryl methyl sites for hydroxylation is 1. The smallest absolute Gasteiger partial charge is 0.251 e. The van der Waals surface area contributed by atoms with Gasteiger partial charge in [0.15, 0.2) is 0 Å². The fourth-order valence-electron chi connectivity index (χ4n) is 1.77. The number of carbonyl (C=O) groups is 1. The molecule has 108 valence electrons. The SMILES string of the molecule is Cc1ccc(F)cc1C(=O)NCc1ccc(C#CCO)s1. The first-order valence-electron chi connectivity index (χ1n) is 6.33. The summed E-state index contributed by atoms with van der Waals surface area (Å²) in [6, 6.07) is 7.85. The number of hydrogen-bond acceptors (Lipinski definition) is 3. The highest BCUT2D eigenvalue weighted by Crippen LogP contribution is 2.16. The summed E-state index contributed by atoms with van der Waals surface area (Å²) in [5.41, 5.74) is 1.07. The first kappa shape index (κ1) is 15.2. The van der Waals surface area contributed by atoms with E-state index < -0.39 is 5.82 Å². The molecule has 0 saturated carbocycles. The maximum atomic E-state index is 13.2. The van der Waals surface area contributed by atoms with Crippen LogP contribution in [0, 0.1) is 24.6 Å². The summed E-state index contributed by atoms with van der Waals surface area (Å²) in [6.45, 7) is 1.95. The highest BCUT2D eigenvalue weighted by atomic mass is 32.1. The van der Waals surface area contributed by atoms with Crippen LogP contribution in [0.25, 0.3) is 0 Å². The van der Waals surface area contributed by atoms with Crippen molar-refractivity contribution in [3.63, 3.8) is 0 Å². The molecule has 1 aromatic carbocycles. The van der Waals surface area contributed by atoms with Gasteiger partial charge in [0.2, 0.25) is 0 Å². The number of carbonyl (C=O) groups excluding carboxylic acids is 1. The van der Waals surface area contributed by atoms with Crippen molar-refractivity contribution in [1.82, 2.24) is 5.32 Å². The fraction of sp³-hybridized carbons (Fsp3) is 0.188. The van der Waals surface area contributed by atoms with Crippen molar-refractivity contribution < 1.29 is 14.3 Å². The van der Waals surface area contributed by atoms with Crippen LogP contribution in [0.3, 0.4) is 0 Å². The van der Waals surface area contributed by atoms with Crippen LogP contribution in [0.15, 0.2) is 30.3 Å². The third kappa shape index (κ3) is 4.15. The second-order valence-electron chi connectivity index (χ2n) is 4.37. The van der Waals surface area contributed by atoms with E-state index in [1.165, 1.54) is 23.5 Å². The molecule has 5 heteroatoms. The van der Waals surface area contributed by atoms with Crippen molar-refractivity contribution in [3.05, 3.63) is 57.0 Å². The van der Waals surface area contributed by atoms with E-state index in [1.54, 1.807) is 13.0 Å². The van der Waals surface area contributed by atoms with Crippen molar-refractivity contribution >= 4 is 17.2 Å². The van der Waals surface area contributed by atoms with Crippen molar-refractivity contribution in [2.75, 3.05) is 6.61 Å². The Bertz CT molecular complexity index is 713. The lowest BCUT2D eigenvalue weighted by molar-refractivity contribution is 0.0950. The van der Waals surface area contributed by atoms with Gasteiger partial charge in [0.1, 0.15) is 12.4 Å². The Hall–Kier alpha value is -2.16. The normalized spacial score (nSPS) is 9.86. The Morgan fingerprint density at radius 2 is 2.19 bits per heavy atom. The molecule has 21 heavy (non-hydrogen) atoms. The Kier molecular flexibility index (Phi) is 5.09.